The van der Waals surface area contributed by atoms with Crippen LogP contribution in [-0.4, -0.2) is 33.8 Å². The Balaban J connectivity index is 2.13. The normalized spacial score (nSPS) is 16.5. The number of allylic oxidation sites excluding steroid dienone is 1. The van der Waals surface area contributed by atoms with Crippen LogP contribution in [0.15, 0.2) is 41.9 Å². The highest BCUT2D eigenvalue weighted by molar-refractivity contribution is 5.92. The summed E-state index contributed by atoms with van der Waals surface area (Å²) < 4.78 is 6.41. The Labute approximate surface area is 131 Å². The third kappa shape index (κ3) is 2.44. The number of esters is 1. The van der Waals surface area contributed by atoms with E-state index in [1.807, 2.05) is 0 Å². The van der Waals surface area contributed by atoms with Crippen molar-refractivity contribution >= 4 is 17.9 Å². The lowest BCUT2D eigenvalue weighted by atomic mass is 9.95. The first-order valence-corrected chi connectivity index (χ1v) is 6.80. The van der Waals surface area contributed by atoms with Gasteiger partial charge in [-0.25, -0.2) is 9.48 Å². The Morgan fingerprint density at radius 2 is 2.00 bits per heavy atom. The minimum Gasteiger partial charge on any atom is -0.545 e. The number of rotatable bonds is 3. The maximum Gasteiger partial charge on any atom is 0.338 e. The minimum absolute atomic E-state index is 0.0572. The molecule has 3 rings (SSSR count). The molecule has 8 heteroatoms. The number of carboxylic acids is 1. The van der Waals surface area contributed by atoms with E-state index in [2.05, 4.69) is 15.4 Å². The average molecular weight is 313 g/mol. The second-order valence-electron chi connectivity index (χ2n) is 5.00. The number of aromatic nitrogens is 3. The van der Waals surface area contributed by atoms with Crippen LogP contribution in [0.5, 0.6) is 0 Å². The van der Waals surface area contributed by atoms with Crippen molar-refractivity contribution in [1.29, 1.82) is 0 Å². The van der Waals surface area contributed by atoms with Gasteiger partial charge in [-0.2, -0.15) is 10.1 Å². The number of carboxylic acid groups (broad SMARTS) is 1. The molecule has 1 aromatic heterocycles. The molecule has 0 bridgehead atoms. The topological polar surface area (TPSA) is 109 Å². The van der Waals surface area contributed by atoms with Crippen molar-refractivity contribution in [1.82, 2.24) is 14.8 Å². The maximum atomic E-state index is 12.2. The lowest BCUT2D eigenvalue weighted by molar-refractivity contribution is -0.255. The monoisotopic (exact) mass is 313 g/mol. The van der Waals surface area contributed by atoms with E-state index in [0.717, 1.165) is 0 Å². The van der Waals surface area contributed by atoms with Gasteiger partial charge in [-0.3, -0.25) is 0 Å². The van der Waals surface area contributed by atoms with Gasteiger partial charge in [0.25, 0.3) is 0 Å². The fraction of sp³-hybridized carbons (Fsp3) is 0.200. The number of anilines is 1. The summed E-state index contributed by atoms with van der Waals surface area (Å²) in [7, 11) is 1.30. The van der Waals surface area contributed by atoms with Crippen molar-refractivity contribution in [2.75, 3.05) is 12.4 Å². The molecule has 118 valence electrons. The molecule has 1 N–H and O–H groups in total. The summed E-state index contributed by atoms with van der Waals surface area (Å²) in [6, 6.07) is 5.52. The Kier molecular flexibility index (Phi) is 3.57. The number of methoxy groups -OCH3 is 1. The second kappa shape index (κ2) is 5.56. The molecule has 0 saturated heterocycles. The number of nitrogens with one attached hydrogen (secondary N) is 1. The molecule has 0 fully saturated rings. The molecule has 0 spiro atoms. The van der Waals surface area contributed by atoms with Gasteiger partial charge >= 0.3 is 5.97 Å². The van der Waals surface area contributed by atoms with Crippen LogP contribution in [0.4, 0.5) is 5.95 Å². The van der Waals surface area contributed by atoms with Gasteiger partial charge < -0.3 is 20.0 Å². The predicted molar refractivity (Wildman–Crippen MR) is 77.3 cm³/mol. The molecule has 1 aliphatic heterocycles. The van der Waals surface area contributed by atoms with Gasteiger partial charge in [-0.05, 0) is 18.1 Å². The van der Waals surface area contributed by atoms with Gasteiger partial charge in [0.2, 0.25) is 5.95 Å². The van der Waals surface area contributed by atoms with Crippen molar-refractivity contribution in [2.24, 2.45) is 0 Å². The van der Waals surface area contributed by atoms with E-state index in [1.54, 1.807) is 23.7 Å². The first kappa shape index (κ1) is 14.8. The molecule has 0 radical (unpaired) electrons. The zero-order valence-electron chi connectivity index (χ0n) is 12.4. The summed E-state index contributed by atoms with van der Waals surface area (Å²) in [4.78, 5) is 27.2. The summed E-state index contributed by atoms with van der Waals surface area (Å²) in [5, 5.41) is 18.0. The molecular formula is C15H13N4O4-. The summed E-state index contributed by atoms with van der Waals surface area (Å²) >= 11 is 0. The van der Waals surface area contributed by atoms with E-state index in [9.17, 15) is 14.7 Å². The molecular weight excluding hydrogens is 300 g/mol. The number of fused-ring (bicyclic) bond motifs is 1. The molecule has 1 aromatic carbocycles. The standard InChI is InChI=1S/C15H14N4O4/c1-8-11(14(22)23-2)12(19-15(18-8)16-7-17-19)9-3-5-10(6-4-9)13(20)21/h3-7,12H,1-2H3,(H,20,21)(H,16,17,18)/p-1/t12-/m1/s1. The molecule has 0 saturated carbocycles. The number of carbonyl (C=O) groups is 2. The Morgan fingerprint density at radius 3 is 2.61 bits per heavy atom. The highest BCUT2D eigenvalue weighted by Crippen LogP contribution is 2.34. The van der Waals surface area contributed by atoms with E-state index in [0.29, 0.717) is 22.8 Å². The molecule has 23 heavy (non-hydrogen) atoms. The Bertz CT molecular complexity index is 807. The van der Waals surface area contributed by atoms with Crippen molar-refractivity contribution in [3.8, 4) is 0 Å². The Hall–Kier alpha value is -3.16. The van der Waals surface area contributed by atoms with Crippen LogP contribution in [0, 0.1) is 0 Å². The summed E-state index contributed by atoms with van der Waals surface area (Å²) in [6.45, 7) is 1.74. The lowest BCUT2D eigenvalue weighted by Crippen LogP contribution is -2.29. The van der Waals surface area contributed by atoms with Crippen LogP contribution in [-0.2, 0) is 9.53 Å². The van der Waals surface area contributed by atoms with Gasteiger partial charge in [0, 0.05) is 5.70 Å². The van der Waals surface area contributed by atoms with Crippen molar-refractivity contribution < 1.29 is 19.4 Å². The van der Waals surface area contributed by atoms with E-state index in [4.69, 9.17) is 4.74 Å². The average Bonchev–Trinajstić information content (AvgIpc) is 3.00. The van der Waals surface area contributed by atoms with Crippen LogP contribution in [0.25, 0.3) is 0 Å². The number of hydrogen-bond acceptors (Lipinski definition) is 7. The molecule has 2 heterocycles. The molecule has 1 atom stereocenters. The van der Waals surface area contributed by atoms with E-state index in [1.165, 1.54) is 25.6 Å². The predicted octanol–water partition coefficient (Wildman–Crippen LogP) is 0.103. The zero-order valence-corrected chi connectivity index (χ0v) is 12.4. The maximum absolute atomic E-state index is 12.2. The molecule has 8 nitrogen and oxygen atoms in total. The van der Waals surface area contributed by atoms with Crippen LogP contribution >= 0.6 is 0 Å². The molecule has 2 aromatic rings. The summed E-state index contributed by atoms with van der Waals surface area (Å²) in [5.74, 6) is -1.27. The first-order valence-electron chi connectivity index (χ1n) is 6.80. The molecule has 0 amide bonds. The van der Waals surface area contributed by atoms with Crippen LogP contribution in [0.3, 0.4) is 0 Å². The summed E-state index contributed by atoms with van der Waals surface area (Å²) in [5.41, 5.74) is 1.72. The molecule has 0 unspecified atom stereocenters. The number of benzene rings is 1. The molecule has 0 aliphatic carbocycles. The third-order valence-electron chi connectivity index (χ3n) is 3.66. The number of hydrogen-bond donors (Lipinski definition) is 1. The quantitative estimate of drug-likeness (QED) is 0.800. The van der Waals surface area contributed by atoms with E-state index < -0.39 is 18.0 Å². The van der Waals surface area contributed by atoms with Crippen molar-refractivity contribution in [2.45, 2.75) is 13.0 Å². The van der Waals surface area contributed by atoms with Crippen molar-refractivity contribution in [3.05, 3.63) is 53.0 Å². The SMILES string of the molecule is COC(=O)C1=C(C)Nc2ncnn2[C@@H]1c1ccc(C(=O)[O-])cc1. The van der Waals surface area contributed by atoms with Crippen LogP contribution in [0.1, 0.15) is 28.9 Å². The first-order chi connectivity index (χ1) is 11.0. The number of carbonyl (C=O) groups excluding carboxylic acids is 2. The fourth-order valence-electron chi connectivity index (χ4n) is 2.57. The highest BCUT2D eigenvalue weighted by atomic mass is 16.5. The fourth-order valence-corrected chi connectivity index (χ4v) is 2.57. The largest absolute Gasteiger partial charge is 0.545 e. The van der Waals surface area contributed by atoms with Gasteiger partial charge in [-0.15, -0.1) is 0 Å². The number of ether oxygens (including phenoxy) is 1. The van der Waals surface area contributed by atoms with Gasteiger partial charge in [0.15, 0.2) is 0 Å². The van der Waals surface area contributed by atoms with Crippen LogP contribution < -0.4 is 10.4 Å². The number of nitrogens with zero attached hydrogens (tertiary/aromatic N) is 3. The third-order valence-corrected chi connectivity index (χ3v) is 3.66. The van der Waals surface area contributed by atoms with E-state index >= 15 is 0 Å². The van der Waals surface area contributed by atoms with Gasteiger partial charge in [-0.1, -0.05) is 24.3 Å². The smallest absolute Gasteiger partial charge is 0.338 e. The van der Waals surface area contributed by atoms with Gasteiger partial charge in [0.05, 0.1) is 18.7 Å². The number of aromatic carboxylic acids is 1. The zero-order chi connectivity index (χ0) is 16.6. The molecule has 1 aliphatic rings. The van der Waals surface area contributed by atoms with Crippen molar-refractivity contribution in [3.63, 3.8) is 0 Å². The van der Waals surface area contributed by atoms with E-state index in [-0.39, 0.29) is 5.56 Å². The Morgan fingerprint density at radius 1 is 1.30 bits per heavy atom. The lowest BCUT2D eigenvalue weighted by Gasteiger charge is -2.28. The second-order valence-corrected chi connectivity index (χ2v) is 5.00. The van der Waals surface area contributed by atoms with Gasteiger partial charge in [0.1, 0.15) is 12.4 Å². The summed E-state index contributed by atoms with van der Waals surface area (Å²) in [6.07, 6.45) is 1.37. The minimum atomic E-state index is -1.26. The highest BCUT2D eigenvalue weighted by Gasteiger charge is 2.33. The van der Waals surface area contributed by atoms with Crippen LogP contribution in [0.2, 0.25) is 0 Å².